The van der Waals surface area contributed by atoms with E-state index in [4.69, 9.17) is 0 Å². The van der Waals surface area contributed by atoms with Crippen LogP contribution >= 0.6 is 0 Å². The monoisotopic (exact) mass is 588 g/mol. The second-order valence-electron chi connectivity index (χ2n) is 17.5. The SMILES string of the molecule is C/C=C1/CCC2C3CC=C4C[C@@H](O)CC[C@]4(C)C3CC[C@]12C.C[C@]12CC[C@H](O)CC1=CCC1C2CC[C@]2(C)C(=O)CCC12. The van der Waals surface area contributed by atoms with Gasteiger partial charge >= 0.3 is 0 Å². The molecule has 0 aromatic rings. The molecular weight excluding hydrogens is 528 g/mol. The van der Waals surface area contributed by atoms with Crippen molar-refractivity contribution < 1.29 is 15.0 Å². The molecule has 8 aliphatic rings. The molecule has 2 N–H and O–H groups in total. The maximum atomic E-state index is 12.4. The number of Topliss-reactive ketones (excluding diaryl/α,β-unsaturated/α-hetero) is 1. The fourth-order valence-corrected chi connectivity index (χ4v) is 13.4. The Balaban J connectivity index is 0.000000140. The molecule has 0 aromatic carbocycles. The molecule has 238 valence electrons. The summed E-state index contributed by atoms with van der Waals surface area (Å²) < 4.78 is 0. The van der Waals surface area contributed by atoms with Gasteiger partial charge in [0.25, 0.3) is 0 Å². The van der Waals surface area contributed by atoms with E-state index in [1.54, 1.807) is 11.1 Å². The van der Waals surface area contributed by atoms with Crippen LogP contribution in [0.1, 0.15) is 137 Å². The molecule has 6 saturated carbocycles. The van der Waals surface area contributed by atoms with E-state index in [0.717, 1.165) is 81.5 Å². The number of carbonyl (C=O) groups excluding carboxylic acids is 1. The Hall–Kier alpha value is -1.19. The highest BCUT2D eigenvalue weighted by Crippen LogP contribution is 2.66. The molecule has 0 radical (unpaired) electrons. The molecule has 0 bridgehead atoms. The lowest BCUT2D eigenvalue weighted by Crippen LogP contribution is -2.50. The Morgan fingerprint density at radius 3 is 1.60 bits per heavy atom. The molecule has 0 spiro atoms. The minimum Gasteiger partial charge on any atom is -0.393 e. The van der Waals surface area contributed by atoms with E-state index >= 15 is 0 Å². The van der Waals surface area contributed by atoms with Crippen molar-refractivity contribution in [3.8, 4) is 0 Å². The van der Waals surface area contributed by atoms with E-state index in [9.17, 15) is 15.0 Å². The van der Waals surface area contributed by atoms with Gasteiger partial charge in [-0.3, -0.25) is 4.79 Å². The molecule has 0 amide bonds. The minimum absolute atomic E-state index is 0.0168. The molecule has 0 heterocycles. The highest BCUT2D eigenvalue weighted by Gasteiger charge is 2.59. The normalized spacial score (nSPS) is 52.7. The van der Waals surface area contributed by atoms with Gasteiger partial charge in [-0.2, -0.15) is 0 Å². The van der Waals surface area contributed by atoms with Crippen molar-refractivity contribution in [2.24, 2.45) is 57.2 Å². The summed E-state index contributed by atoms with van der Waals surface area (Å²) in [7, 11) is 0. The van der Waals surface area contributed by atoms with Gasteiger partial charge in [-0.15, -0.1) is 0 Å². The van der Waals surface area contributed by atoms with Crippen LogP contribution in [0.2, 0.25) is 0 Å². The quantitative estimate of drug-likeness (QED) is 0.277. The number of hydrogen-bond acceptors (Lipinski definition) is 3. The zero-order chi connectivity index (χ0) is 30.4. The van der Waals surface area contributed by atoms with Gasteiger partial charge in [0, 0.05) is 11.8 Å². The van der Waals surface area contributed by atoms with Gasteiger partial charge in [-0.1, -0.05) is 62.6 Å². The van der Waals surface area contributed by atoms with Gasteiger partial charge in [0.15, 0.2) is 0 Å². The lowest BCUT2D eigenvalue weighted by atomic mass is 9.48. The number of aliphatic hydroxyl groups excluding tert-OH is 2. The van der Waals surface area contributed by atoms with Crippen LogP contribution in [0.4, 0.5) is 0 Å². The van der Waals surface area contributed by atoms with Gasteiger partial charge < -0.3 is 10.2 Å². The Kier molecular flexibility index (Phi) is 7.57. The van der Waals surface area contributed by atoms with Gasteiger partial charge in [-0.05, 0) is 155 Å². The van der Waals surface area contributed by atoms with Gasteiger partial charge in [0.05, 0.1) is 12.2 Å². The largest absolute Gasteiger partial charge is 0.393 e. The van der Waals surface area contributed by atoms with Crippen molar-refractivity contribution in [3.05, 3.63) is 34.9 Å². The molecule has 0 aliphatic heterocycles. The average Bonchev–Trinajstić information content (AvgIpc) is 3.49. The fourth-order valence-electron chi connectivity index (χ4n) is 13.4. The van der Waals surface area contributed by atoms with Crippen LogP contribution in [-0.4, -0.2) is 28.2 Å². The molecule has 8 aliphatic carbocycles. The van der Waals surface area contributed by atoms with Gasteiger partial charge in [-0.25, -0.2) is 0 Å². The summed E-state index contributed by atoms with van der Waals surface area (Å²) in [5.41, 5.74) is 6.03. The lowest BCUT2D eigenvalue weighted by Gasteiger charge is -2.57. The molecular formula is C40H60O3. The van der Waals surface area contributed by atoms with Crippen molar-refractivity contribution in [1.82, 2.24) is 0 Å². The number of aliphatic hydroxyl groups is 2. The second kappa shape index (κ2) is 10.7. The van der Waals surface area contributed by atoms with Crippen LogP contribution in [0.25, 0.3) is 0 Å². The molecule has 0 saturated heterocycles. The van der Waals surface area contributed by atoms with E-state index in [0.29, 0.717) is 33.9 Å². The molecule has 3 nitrogen and oxygen atoms in total. The number of allylic oxidation sites excluding steroid dienone is 4. The van der Waals surface area contributed by atoms with Crippen molar-refractivity contribution in [2.75, 3.05) is 0 Å². The minimum atomic E-state index is -0.122. The first kappa shape index (κ1) is 30.5. The Morgan fingerprint density at radius 1 is 0.628 bits per heavy atom. The van der Waals surface area contributed by atoms with Crippen molar-refractivity contribution in [1.29, 1.82) is 0 Å². The fraction of sp³-hybridized carbons (Fsp3) is 0.825. The number of hydrogen-bond donors (Lipinski definition) is 2. The molecule has 43 heavy (non-hydrogen) atoms. The van der Waals surface area contributed by atoms with Gasteiger partial charge in [0.1, 0.15) is 5.78 Å². The molecule has 6 fully saturated rings. The third kappa shape index (κ3) is 4.50. The van der Waals surface area contributed by atoms with E-state index < -0.39 is 0 Å². The molecule has 6 unspecified atom stereocenters. The first-order valence-corrected chi connectivity index (χ1v) is 18.4. The summed E-state index contributed by atoms with van der Waals surface area (Å²) >= 11 is 0. The summed E-state index contributed by atoms with van der Waals surface area (Å²) in [6, 6.07) is 0. The van der Waals surface area contributed by atoms with Gasteiger partial charge in [0.2, 0.25) is 0 Å². The molecule has 8 rings (SSSR count). The third-order valence-electron chi connectivity index (χ3n) is 16.1. The van der Waals surface area contributed by atoms with Crippen LogP contribution in [0.15, 0.2) is 34.9 Å². The van der Waals surface area contributed by atoms with Crippen molar-refractivity contribution in [2.45, 2.75) is 150 Å². The predicted octanol–water partition coefficient (Wildman–Crippen LogP) is 9.14. The summed E-state index contributed by atoms with van der Waals surface area (Å²) in [6.07, 6.45) is 25.6. The number of ketones is 1. The van der Waals surface area contributed by atoms with Crippen LogP contribution in [0.5, 0.6) is 0 Å². The first-order valence-electron chi connectivity index (χ1n) is 18.4. The summed E-state index contributed by atoms with van der Waals surface area (Å²) in [5, 5.41) is 20.1. The van der Waals surface area contributed by atoms with E-state index in [1.165, 1.54) is 50.5 Å². The predicted molar refractivity (Wildman–Crippen MR) is 174 cm³/mol. The summed E-state index contributed by atoms with van der Waals surface area (Å²) in [5.74, 6) is 5.26. The van der Waals surface area contributed by atoms with Crippen molar-refractivity contribution in [3.63, 3.8) is 0 Å². The summed E-state index contributed by atoms with van der Waals surface area (Å²) in [6.45, 7) is 12.0. The maximum absolute atomic E-state index is 12.4. The number of rotatable bonds is 0. The third-order valence-corrected chi connectivity index (χ3v) is 16.1. The number of carbonyl (C=O) groups is 1. The average molecular weight is 589 g/mol. The highest BCUT2D eigenvalue weighted by atomic mass is 16.3. The molecule has 0 aromatic heterocycles. The topological polar surface area (TPSA) is 57.5 Å². The zero-order valence-corrected chi connectivity index (χ0v) is 28.0. The Morgan fingerprint density at radius 2 is 1.07 bits per heavy atom. The summed E-state index contributed by atoms with van der Waals surface area (Å²) in [4.78, 5) is 12.4. The number of fused-ring (bicyclic) bond motifs is 10. The molecule has 3 heteroatoms. The van der Waals surface area contributed by atoms with E-state index in [2.05, 4.69) is 52.8 Å². The molecule has 12 atom stereocenters. The highest BCUT2D eigenvalue weighted by molar-refractivity contribution is 5.87. The van der Waals surface area contributed by atoms with Crippen LogP contribution in [0, 0.1) is 57.2 Å². The maximum Gasteiger partial charge on any atom is 0.139 e. The van der Waals surface area contributed by atoms with Crippen LogP contribution in [0.3, 0.4) is 0 Å². The first-order chi connectivity index (χ1) is 20.4. The van der Waals surface area contributed by atoms with E-state index in [-0.39, 0.29) is 17.6 Å². The van der Waals surface area contributed by atoms with E-state index in [1.807, 2.05) is 0 Å². The van der Waals surface area contributed by atoms with Crippen molar-refractivity contribution >= 4 is 5.78 Å². The lowest BCUT2D eigenvalue weighted by molar-refractivity contribution is -0.132. The van der Waals surface area contributed by atoms with Crippen LogP contribution in [-0.2, 0) is 4.79 Å². The Labute approximate surface area is 262 Å². The smallest absolute Gasteiger partial charge is 0.139 e. The second-order valence-corrected chi connectivity index (χ2v) is 17.5. The Bertz CT molecular complexity index is 1230. The standard InChI is InChI=1S/C21H32O.C19H28O2/c1-4-14-6-8-18-17-7-5-15-13-16(22)9-11-21(15,3)19(17)10-12-20(14,18)2;1-18-9-7-13(20)11-12(18)3-4-14-15-5-6-17(21)19(15,2)10-8-16(14)18/h4-5,16-19,22H,6-13H2,1-3H3;3,13-16,20H,4-11H2,1-2H3/b14-4-;/t16-,17?,18?,19?,20+,21-;13-,14?,15?,16?,18-,19-/m00/s1. The van der Waals surface area contributed by atoms with Crippen LogP contribution < -0.4 is 0 Å². The zero-order valence-electron chi connectivity index (χ0n) is 28.0.